The number of rotatable bonds is 19. The molecule has 13 heteroatoms. The fourth-order valence-corrected chi connectivity index (χ4v) is 10.5. The molecule has 60 heavy (non-hydrogen) atoms. The molecular formula is C47H52O11P2. The fraction of sp³-hybridized carbons (Fsp3) is 0.362. The van der Waals surface area contributed by atoms with Crippen LogP contribution in [0.15, 0.2) is 152 Å². The van der Waals surface area contributed by atoms with Crippen molar-refractivity contribution in [3.05, 3.63) is 179 Å². The van der Waals surface area contributed by atoms with Crippen LogP contribution in [0.3, 0.4) is 0 Å². The summed E-state index contributed by atoms with van der Waals surface area (Å²) in [6.07, 6.45) is -0.185. The molecule has 3 aliphatic rings. The molecule has 0 radical (unpaired) electrons. The standard InChI is InChI=1S/C47H52O11P2/c48-59(51-33-38-21-9-2-10-22-38,52-34-39-23-11-3-12-24-39)57-42-31-43(58-60(49,53-35-40-25-13-4-14-26-40)54-36-41-27-15-5-16-28-41)45-46(56-47(55-45)29-17-6-18-30-47)44(42)50-32-37-19-7-1-8-20-37/h1-5,7-16,19-28,42-46H,6,17-18,29-36H2/t42-,43+,44-,45-,46+/m0/s1. The molecule has 5 aromatic carbocycles. The first-order valence-corrected chi connectivity index (χ1v) is 23.6. The average Bonchev–Trinajstić information content (AvgIpc) is 3.66. The molecule has 0 N–H and O–H groups in total. The maximum absolute atomic E-state index is 15.0. The number of phosphoric acid groups is 2. The van der Waals surface area contributed by atoms with Gasteiger partial charge in [0, 0.05) is 19.3 Å². The van der Waals surface area contributed by atoms with Crippen molar-refractivity contribution < 1.29 is 50.5 Å². The second kappa shape index (κ2) is 20.4. The van der Waals surface area contributed by atoms with Gasteiger partial charge in [-0.3, -0.25) is 27.1 Å². The van der Waals surface area contributed by atoms with Gasteiger partial charge in [-0.25, -0.2) is 9.13 Å². The molecule has 1 aliphatic heterocycles. The molecule has 5 aromatic rings. The number of ether oxygens (including phenoxy) is 3. The van der Waals surface area contributed by atoms with Gasteiger partial charge in [0.1, 0.15) is 30.5 Å². The first-order valence-electron chi connectivity index (χ1n) is 20.7. The Bertz CT molecular complexity index is 2050. The van der Waals surface area contributed by atoms with Crippen molar-refractivity contribution in [2.75, 3.05) is 0 Å². The minimum absolute atomic E-state index is 0.000824. The van der Waals surface area contributed by atoms with E-state index in [-0.39, 0.29) is 39.5 Å². The van der Waals surface area contributed by atoms with Crippen LogP contribution in [-0.4, -0.2) is 36.3 Å². The number of fused-ring (bicyclic) bond motifs is 1. The monoisotopic (exact) mass is 854 g/mol. The molecule has 0 aromatic heterocycles. The van der Waals surface area contributed by atoms with Crippen molar-refractivity contribution >= 4 is 15.6 Å². The number of benzene rings is 5. The van der Waals surface area contributed by atoms with Gasteiger partial charge in [0.15, 0.2) is 5.79 Å². The molecule has 0 unspecified atom stereocenters. The van der Waals surface area contributed by atoms with E-state index >= 15 is 4.57 Å². The van der Waals surface area contributed by atoms with Crippen LogP contribution in [0, 0.1) is 0 Å². The minimum atomic E-state index is -4.38. The summed E-state index contributed by atoms with van der Waals surface area (Å²) in [6.45, 7) is 0.0516. The van der Waals surface area contributed by atoms with E-state index in [9.17, 15) is 4.57 Å². The molecule has 2 aliphatic carbocycles. The van der Waals surface area contributed by atoms with Crippen LogP contribution in [0.1, 0.15) is 66.3 Å². The summed E-state index contributed by atoms with van der Waals surface area (Å²) in [5.41, 5.74) is 4.07. The maximum Gasteiger partial charge on any atom is 0.475 e. The second-order valence-electron chi connectivity index (χ2n) is 15.4. The molecule has 11 nitrogen and oxygen atoms in total. The first-order chi connectivity index (χ1) is 29.4. The van der Waals surface area contributed by atoms with Crippen LogP contribution in [-0.2, 0) is 83.5 Å². The molecule has 2 saturated carbocycles. The Hall–Kier alpha value is -3.80. The van der Waals surface area contributed by atoms with E-state index < -0.39 is 52.0 Å². The summed E-state index contributed by atoms with van der Waals surface area (Å²) in [5.74, 6) is -0.921. The highest BCUT2D eigenvalue weighted by Gasteiger charge is 2.61. The molecule has 1 spiro atoms. The zero-order valence-corrected chi connectivity index (χ0v) is 35.3. The predicted octanol–water partition coefficient (Wildman–Crippen LogP) is 11.3. The Labute approximate surface area is 352 Å². The highest BCUT2D eigenvalue weighted by Crippen LogP contribution is 2.59. The van der Waals surface area contributed by atoms with E-state index in [2.05, 4.69) is 0 Å². The summed E-state index contributed by atoms with van der Waals surface area (Å²) >= 11 is 0. The summed E-state index contributed by atoms with van der Waals surface area (Å²) in [5, 5.41) is 0. The van der Waals surface area contributed by atoms with E-state index in [1.807, 2.05) is 152 Å². The highest BCUT2D eigenvalue weighted by molar-refractivity contribution is 7.48. The van der Waals surface area contributed by atoms with E-state index in [4.69, 9.17) is 41.4 Å². The Morgan fingerprint density at radius 2 is 0.800 bits per heavy atom. The molecule has 0 bridgehead atoms. The van der Waals surface area contributed by atoms with Crippen LogP contribution >= 0.6 is 15.6 Å². The average molecular weight is 855 g/mol. The van der Waals surface area contributed by atoms with Crippen molar-refractivity contribution in [2.45, 2.75) is 108 Å². The van der Waals surface area contributed by atoms with Gasteiger partial charge in [0.25, 0.3) is 0 Å². The van der Waals surface area contributed by atoms with Crippen LogP contribution in [0.4, 0.5) is 0 Å². The van der Waals surface area contributed by atoms with Crippen molar-refractivity contribution in [2.24, 2.45) is 0 Å². The Balaban J connectivity index is 1.13. The number of hydrogen-bond donors (Lipinski definition) is 0. The van der Waals surface area contributed by atoms with Crippen LogP contribution in [0.5, 0.6) is 0 Å². The van der Waals surface area contributed by atoms with E-state index in [0.29, 0.717) is 12.8 Å². The van der Waals surface area contributed by atoms with E-state index in [0.717, 1.165) is 47.1 Å². The summed E-state index contributed by atoms with van der Waals surface area (Å²) in [4.78, 5) is 0. The smallest absolute Gasteiger partial charge is 0.368 e. The molecule has 5 atom stereocenters. The number of hydrogen-bond acceptors (Lipinski definition) is 11. The van der Waals surface area contributed by atoms with Crippen LogP contribution in [0.25, 0.3) is 0 Å². The topological polar surface area (TPSA) is 117 Å². The van der Waals surface area contributed by atoms with E-state index in [1.54, 1.807) is 0 Å². The molecule has 8 rings (SSSR count). The van der Waals surface area contributed by atoms with Crippen molar-refractivity contribution in [1.82, 2.24) is 0 Å². The quantitative estimate of drug-likeness (QED) is 0.0739. The fourth-order valence-electron chi connectivity index (χ4n) is 7.85. The molecule has 1 saturated heterocycles. The molecule has 3 fully saturated rings. The largest absolute Gasteiger partial charge is 0.475 e. The zero-order valence-electron chi connectivity index (χ0n) is 33.5. The van der Waals surface area contributed by atoms with Gasteiger partial charge in [-0.2, -0.15) is 0 Å². The first kappa shape index (κ1) is 42.9. The lowest BCUT2D eigenvalue weighted by molar-refractivity contribution is -0.206. The lowest BCUT2D eigenvalue weighted by atomic mass is 9.87. The van der Waals surface area contributed by atoms with Crippen LogP contribution < -0.4 is 0 Å². The molecule has 1 heterocycles. The van der Waals surface area contributed by atoms with Crippen molar-refractivity contribution in [3.8, 4) is 0 Å². The van der Waals surface area contributed by atoms with Crippen LogP contribution in [0.2, 0.25) is 0 Å². The third kappa shape index (κ3) is 11.6. The lowest BCUT2D eigenvalue weighted by Gasteiger charge is -2.42. The van der Waals surface area contributed by atoms with Gasteiger partial charge in [-0.05, 0) is 40.7 Å². The third-order valence-corrected chi connectivity index (χ3v) is 13.7. The van der Waals surface area contributed by atoms with E-state index in [1.165, 1.54) is 0 Å². The van der Waals surface area contributed by atoms with Gasteiger partial charge in [0.05, 0.1) is 33.0 Å². The summed E-state index contributed by atoms with van der Waals surface area (Å²) < 4.78 is 88.2. The number of phosphoric ester groups is 2. The molecular weight excluding hydrogens is 802 g/mol. The Kier molecular flexibility index (Phi) is 14.6. The summed E-state index contributed by atoms with van der Waals surface area (Å²) in [7, 11) is -8.72. The van der Waals surface area contributed by atoms with Gasteiger partial charge < -0.3 is 14.2 Å². The summed E-state index contributed by atoms with van der Waals surface area (Å²) in [6, 6.07) is 47.4. The minimum Gasteiger partial charge on any atom is -0.368 e. The van der Waals surface area contributed by atoms with Crippen molar-refractivity contribution in [3.63, 3.8) is 0 Å². The lowest BCUT2D eigenvalue weighted by Crippen LogP contribution is -2.56. The SMILES string of the molecule is O=P(OCc1ccccc1)(OCc1ccccc1)O[C@H]1C[C@@H](OP(=O)(OCc2ccccc2)OCc2ccccc2)[C@@H]2OC3(CCCCC3)O[C@@H]2[C@H]1OCc1ccccc1. The maximum atomic E-state index is 15.0. The second-order valence-corrected chi connectivity index (χ2v) is 18.6. The molecule has 316 valence electrons. The van der Waals surface area contributed by atoms with Gasteiger partial charge >= 0.3 is 15.6 Å². The van der Waals surface area contributed by atoms with Gasteiger partial charge in [-0.1, -0.05) is 158 Å². The normalized spacial score (nSPS) is 22.7. The zero-order chi connectivity index (χ0) is 41.1. The van der Waals surface area contributed by atoms with Crippen molar-refractivity contribution in [1.29, 1.82) is 0 Å². The highest BCUT2D eigenvalue weighted by atomic mass is 31.2. The Morgan fingerprint density at radius 1 is 0.450 bits per heavy atom. The third-order valence-electron chi connectivity index (χ3n) is 10.9. The van der Waals surface area contributed by atoms with Gasteiger partial charge in [-0.15, -0.1) is 0 Å². The Morgan fingerprint density at radius 3 is 1.20 bits per heavy atom. The van der Waals surface area contributed by atoms with Gasteiger partial charge in [0.2, 0.25) is 0 Å². The predicted molar refractivity (Wildman–Crippen MR) is 225 cm³/mol. The molecule has 0 amide bonds.